The van der Waals surface area contributed by atoms with Gasteiger partial charge in [-0.3, -0.25) is 0 Å². The van der Waals surface area contributed by atoms with Crippen molar-refractivity contribution in [1.29, 1.82) is 0 Å². The van der Waals surface area contributed by atoms with E-state index in [1.165, 1.54) is 17.5 Å². The van der Waals surface area contributed by atoms with Crippen LogP contribution in [0.1, 0.15) is 11.4 Å². The summed E-state index contributed by atoms with van der Waals surface area (Å²) < 4.78 is 40.0. The Bertz CT molecular complexity index is 1070. The molecule has 0 amide bonds. The van der Waals surface area contributed by atoms with Crippen LogP contribution in [0, 0.1) is 0 Å². The first kappa shape index (κ1) is 18.4. The molecule has 2 aromatic heterocycles. The molecule has 3 aromatic rings. The summed E-state index contributed by atoms with van der Waals surface area (Å²) in [6, 6.07) is 11.8. The summed E-state index contributed by atoms with van der Waals surface area (Å²) in [4.78, 5) is 4.30. The van der Waals surface area contributed by atoms with Crippen molar-refractivity contribution in [3.05, 3.63) is 60.0 Å². The van der Waals surface area contributed by atoms with Gasteiger partial charge in [0.2, 0.25) is 15.9 Å². The Balaban J connectivity index is 1.54. The molecule has 0 saturated carbocycles. The molecule has 1 aliphatic rings. The number of hydrogen-bond acceptors (Lipinski definition) is 7. The maximum Gasteiger partial charge on any atom is 0.243 e. The normalized spacial score (nSPS) is 14.5. The number of nitrogens with zero attached hydrogens (tertiary/aromatic N) is 5. The maximum atomic E-state index is 13.1. The lowest BCUT2D eigenvalue weighted by atomic mass is 10.3. The van der Waals surface area contributed by atoms with E-state index in [1.807, 2.05) is 6.07 Å². The van der Waals surface area contributed by atoms with Gasteiger partial charge in [-0.05, 0) is 18.2 Å². The predicted molar refractivity (Wildman–Crippen MR) is 99.2 cm³/mol. The number of methoxy groups -OCH3 is 1. The van der Waals surface area contributed by atoms with Crippen LogP contribution in [0.4, 0.5) is 0 Å². The van der Waals surface area contributed by atoms with Crippen LogP contribution in [-0.4, -0.2) is 46.4 Å². The average Bonchev–Trinajstić information content (AvgIpc) is 3.15. The third kappa shape index (κ3) is 3.56. The van der Waals surface area contributed by atoms with E-state index in [9.17, 15) is 8.42 Å². The summed E-state index contributed by atoms with van der Waals surface area (Å²) in [7, 11) is -2.16. The topological polar surface area (TPSA) is 99.4 Å². The van der Waals surface area contributed by atoms with E-state index in [-0.39, 0.29) is 18.0 Å². The van der Waals surface area contributed by atoms with Crippen LogP contribution in [0.25, 0.3) is 0 Å². The first-order valence-electron chi connectivity index (χ1n) is 8.67. The predicted octanol–water partition coefficient (Wildman–Crippen LogP) is 1.47. The van der Waals surface area contributed by atoms with Gasteiger partial charge in [-0.2, -0.15) is 4.31 Å². The van der Waals surface area contributed by atoms with Crippen LogP contribution < -0.4 is 9.47 Å². The zero-order chi connectivity index (χ0) is 19.6. The molecule has 28 heavy (non-hydrogen) atoms. The van der Waals surface area contributed by atoms with Crippen molar-refractivity contribution < 1.29 is 17.9 Å². The standard InChI is InChI=1S/C18H19N5O4S/c1-26-14-5-4-6-15(11-14)28(24,25)22-9-10-23-17(12-22)16(20-21-23)13-27-18-7-2-3-8-19-18/h2-8,11H,9-10,12-13H2,1H3. The highest BCUT2D eigenvalue weighted by atomic mass is 32.2. The van der Waals surface area contributed by atoms with Gasteiger partial charge in [-0.1, -0.05) is 17.3 Å². The first-order chi connectivity index (χ1) is 13.6. The minimum absolute atomic E-state index is 0.166. The molecule has 9 nitrogen and oxygen atoms in total. The second-order valence-electron chi connectivity index (χ2n) is 6.18. The number of fused-ring (bicyclic) bond motifs is 1. The second-order valence-corrected chi connectivity index (χ2v) is 8.12. The summed E-state index contributed by atoms with van der Waals surface area (Å²) in [5.41, 5.74) is 1.31. The van der Waals surface area contributed by atoms with E-state index in [4.69, 9.17) is 9.47 Å². The zero-order valence-corrected chi connectivity index (χ0v) is 16.0. The highest BCUT2D eigenvalue weighted by Gasteiger charge is 2.31. The average molecular weight is 401 g/mol. The minimum Gasteiger partial charge on any atom is -0.497 e. The summed E-state index contributed by atoms with van der Waals surface area (Å²) in [6.07, 6.45) is 1.64. The van der Waals surface area contributed by atoms with Gasteiger partial charge in [-0.15, -0.1) is 5.10 Å². The lowest BCUT2D eigenvalue weighted by Gasteiger charge is -2.27. The van der Waals surface area contributed by atoms with Gasteiger partial charge < -0.3 is 9.47 Å². The van der Waals surface area contributed by atoms with Gasteiger partial charge in [0.25, 0.3) is 0 Å². The summed E-state index contributed by atoms with van der Waals surface area (Å²) >= 11 is 0. The van der Waals surface area contributed by atoms with Crippen LogP contribution >= 0.6 is 0 Å². The molecule has 10 heteroatoms. The monoisotopic (exact) mass is 401 g/mol. The number of hydrogen-bond donors (Lipinski definition) is 0. The Morgan fingerprint density at radius 2 is 2.04 bits per heavy atom. The molecule has 0 aliphatic carbocycles. The third-order valence-corrected chi connectivity index (χ3v) is 6.32. The van der Waals surface area contributed by atoms with Crippen molar-refractivity contribution in [3.63, 3.8) is 0 Å². The SMILES string of the molecule is COc1cccc(S(=O)(=O)N2CCn3nnc(COc4ccccn4)c3C2)c1. The smallest absolute Gasteiger partial charge is 0.243 e. The number of ether oxygens (including phenoxy) is 2. The fourth-order valence-electron chi connectivity index (χ4n) is 2.98. The second kappa shape index (κ2) is 7.56. The zero-order valence-electron chi connectivity index (χ0n) is 15.2. The van der Waals surface area contributed by atoms with Gasteiger partial charge in [0.05, 0.1) is 30.8 Å². The van der Waals surface area contributed by atoms with Gasteiger partial charge in [0, 0.05) is 24.9 Å². The molecular weight excluding hydrogens is 382 g/mol. The molecule has 146 valence electrons. The molecule has 1 aromatic carbocycles. The van der Waals surface area contributed by atoms with Crippen LogP contribution in [-0.2, 0) is 29.7 Å². The van der Waals surface area contributed by atoms with E-state index in [2.05, 4.69) is 15.3 Å². The minimum atomic E-state index is -3.67. The van der Waals surface area contributed by atoms with Crippen molar-refractivity contribution >= 4 is 10.0 Å². The van der Waals surface area contributed by atoms with Gasteiger partial charge in [0.1, 0.15) is 18.1 Å². The maximum absolute atomic E-state index is 13.1. The summed E-state index contributed by atoms with van der Waals surface area (Å²) in [5, 5.41) is 8.26. The molecule has 0 unspecified atom stereocenters. The van der Waals surface area contributed by atoms with E-state index in [0.717, 1.165) is 0 Å². The van der Waals surface area contributed by atoms with E-state index in [0.29, 0.717) is 36.1 Å². The van der Waals surface area contributed by atoms with E-state index >= 15 is 0 Å². The molecule has 3 heterocycles. The quantitative estimate of drug-likeness (QED) is 0.617. The Kier molecular flexibility index (Phi) is 4.97. The number of aromatic nitrogens is 4. The molecule has 0 atom stereocenters. The molecule has 0 radical (unpaired) electrons. The third-order valence-electron chi connectivity index (χ3n) is 4.48. The Labute approximate surface area is 162 Å². The number of pyridine rings is 1. The van der Waals surface area contributed by atoms with Crippen LogP contribution in [0.2, 0.25) is 0 Å². The van der Waals surface area contributed by atoms with Gasteiger partial charge in [0.15, 0.2) is 0 Å². The van der Waals surface area contributed by atoms with Gasteiger partial charge >= 0.3 is 0 Å². The Morgan fingerprint density at radius 1 is 1.14 bits per heavy atom. The van der Waals surface area contributed by atoms with Crippen molar-refractivity contribution in [2.75, 3.05) is 13.7 Å². The van der Waals surface area contributed by atoms with E-state index < -0.39 is 10.0 Å². The molecule has 0 bridgehead atoms. The molecule has 0 saturated heterocycles. The molecule has 1 aliphatic heterocycles. The molecule has 0 fully saturated rings. The fourth-order valence-corrected chi connectivity index (χ4v) is 4.40. The van der Waals surface area contributed by atoms with Crippen molar-refractivity contribution in [2.45, 2.75) is 24.6 Å². The van der Waals surface area contributed by atoms with Crippen LogP contribution in [0.15, 0.2) is 53.6 Å². The summed E-state index contributed by atoms with van der Waals surface area (Å²) in [6.45, 7) is 1.08. The van der Waals surface area contributed by atoms with Crippen molar-refractivity contribution in [2.24, 2.45) is 0 Å². The lowest BCUT2D eigenvalue weighted by Crippen LogP contribution is -2.38. The Morgan fingerprint density at radius 3 is 2.82 bits per heavy atom. The molecule has 0 N–H and O–H groups in total. The fraction of sp³-hybridized carbons (Fsp3) is 0.278. The largest absolute Gasteiger partial charge is 0.497 e. The lowest BCUT2D eigenvalue weighted by molar-refractivity contribution is 0.281. The molecule has 4 rings (SSSR count). The van der Waals surface area contributed by atoms with E-state index in [1.54, 1.807) is 41.2 Å². The van der Waals surface area contributed by atoms with Crippen LogP contribution in [0.3, 0.4) is 0 Å². The first-order valence-corrected chi connectivity index (χ1v) is 10.1. The Hall–Kier alpha value is -2.98. The van der Waals surface area contributed by atoms with Crippen molar-refractivity contribution in [3.8, 4) is 11.6 Å². The highest BCUT2D eigenvalue weighted by molar-refractivity contribution is 7.89. The number of sulfonamides is 1. The summed E-state index contributed by atoms with van der Waals surface area (Å²) in [5.74, 6) is 0.968. The van der Waals surface area contributed by atoms with Crippen LogP contribution in [0.5, 0.6) is 11.6 Å². The number of benzene rings is 1. The van der Waals surface area contributed by atoms with Gasteiger partial charge in [-0.25, -0.2) is 18.1 Å². The van der Waals surface area contributed by atoms with Crippen molar-refractivity contribution in [1.82, 2.24) is 24.3 Å². The molecule has 0 spiro atoms. The highest BCUT2D eigenvalue weighted by Crippen LogP contribution is 2.25. The number of rotatable bonds is 6. The molecular formula is C18H19N5O4S.